The summed E-state index contributed by atoms with van der Waals surface area (Å²) in [7, 11) is -3.05. The topological polar surface area (TPSA) is 113 Å². The lowest BCUT2D eigenvalue weighted by Gasteiger charge is -2.16. The minimum Gasteiger partial charge on any atom is -0.383 e. The number of rotatable bonds is 6. The van der Waals surface area contributed by atoms with Gasteiger partial charge in [0.2, 0.25) is 0 Å². The SMILES string of the molecule is CS(=O)(=O)CC1(CNc2ccc([N+](=O)[O-])cc2C#N)CC1. The fourth-order valence-corrected chi connectivity index (χ4v) is 3.78. The van der Waals surface area contributed by atoms with Crippen LogP contribution in [0.25, 0.3) is 0 Å². The number of non-ortho nitro benzene ring substituents is 1. The minimum absolute atomic E-state index is 0.113. The fourth-order valence-electron chi connectivity index (χ4n) is 2.28. The van der Waals surface area contributed by atoms with E-state index in [9.17, 15) is 18.5 Å². The van der Waals surface area contributed by atoms with Gasteiger partial charge in [0.25, 0.3) is 5.69 Å². The largest absolute Gasteiger partial charge is 0.383 e. The molecule has 1 saturated carbocycles. The highest BCUT2D eigenvalue weighted by Gasteiger charge is 2.45. The summed E-state index contributed by atoms with van der Waals surface area (Å²) in [6.45, 7) is 0.437. The number of nitrogens with zero attached hydrogens (tertiary/aromatic N) is 2. The molecule has 0 spiro atoms. The zero-order chi connectivity index (χ0) is 15.7. The third-order valence-electron chi connectivity index (χ3n) is 3.51. The molecule has 0 heterocycles. The maximum atomic E-state index is 11.4. The predicted molar refractivity (Wildman–Crippen MR) is 77.7 cm³/mol. The van der Waals surface area contributed by atoms with Crippen molar-refractivity contribution in [1.29, 1.82) is 5.26 Å². The second-order valence-corrected chi connectivity index (χ2v) is 7.66. The van der Waals surface area contributed by atoms with Crippen molar-refractivity contribution in [3.05, 3.63) is 33.9 Å². The van der Waals surface area contributed by atoms with Crippen LogP contribution in [0.15, 0.2) is 18.2 Å². The highest BCUT2D eigenvalue weighted by Crippen LogP contribution is 2.46. The maximum absolute atomic E-state index is 11.4. The standard InChI is InChI=1S/C13H15N3O4S/c1-21(19,20)9-13(4-5-13)8-15-12-3-2-11(16(17)18)6-10(12)7-14/h2-3,6,15H,4-5,8-9H2,1H3. The highest BCUT2D eigenvalue weighted by atomic mass is 32.2. The van der Waals surface area contributed by atoms with Gasteiger partial charge in [-0.25, -0.2) is 8.42 Å². The molecule has 1 aromatic rings. The second-order valence-electron chi connectivity index (χ2n) is 5.52. The molecular weight excluding hydrogens is 294 g/mol. The Bertz CT molecular complexity index is 717. The number of hydrogen-bond acceptors (Lipinski definition) is 6. The molecule has 1 fully saturated rings. The van der Waals surface area contributed by atoms with E-state index in [-0.39, 0.29) is 22.4 Å². The molecule has 2 rings (SSSR count). The zero-order valence-electron chi connectivity index (χ0n) is 11.5. The molecule has 0 aromatic heterocycles. The van der Waals surface area contributed by atoms with Crippen molar-refractivity contribution >= 4 is 21.2 Å². The Balaban J connectivity index is 2.11. The smallest absolute Gasteiger partial charge is 0.270 e. The van der Waals surface area contributed by atoms with E-state index >= 15 is 0 Å². The van der Waals surface area contributed by atoms with Gasteiger partial charge < -0.3 is 5.32 Å². The number of anilines is 1. The maximum Gasteiger partial charge on any atom is 0.270 e. The van der Waals surface area contributed by atoms with Crippen LogP contribution in [0.5, 0.6) is 0 Å². The number of nitro groups is 1. The van der Waals surface area contributed by atoms with Crippen molar-refractivity contribution in [3.8, 4) is 6.07 Å². The number of nitriles is 1. The van der Waals surface area contributed by atoms with E-state index in [1.165, 1.54) is 24.5 Å². The summed E-state index contributed by atoms with van der Waals surface area (Å²) >= 11 is 0. The van der Waals surface area contributed by atoms with Crippen LogP contribution in [0.1, 0.15) is 18.4 Å². The van der Waals surface area contributed by atoms with Crippen molar-refractivity contribution in [1.82, 2.24) is 0 Å². The van der Waals surface area contributed by atoms with Crippen LogP contribution >= 0.6 is 0 Å². The van der Waals surface area contributed by atoms with Crippen LogP contribution in [-0.4, -0.2) is 31.9 Å². The van der Waals surface area contributed by atoms with Gasteiger partial charge in [-0.3, -0.25) is 10.1 Å². The molecule has 0 amide bonds. The summed E-state index contributed by atoms with van der Waals surface area (Å²) in [5.41, 5.74) is 0.249. The second kappa shape index (κ2) is 5.33. The monoisotopic (exact) mass is 309 g/mol. The van der Waals surface area contributed by atoms with Gasteiger partial charge in [-0.05, 0) is 18.9 Å². The molecule has 112 valence electrons. The van der Waals surface area contributed by atoms with E-state index in [0.29, 0.717) is 12.2 Å². The molecule has 0 aliphatic heterocycles. The van der Waals surface area contributed by atoms with Gasteiger partial charge in [0.15, 0.2) is 0 Å². The molecule has 0 unspecified atom stereocenters. The van der Waals surface area contributed by atoms with Crippen molar-refractivity contribution in [2.75, 3.05) is 23.9 Å². The van der Waals surface area contributed by atoms with Crippen molar-refractivity contribution in [2.45, 2.75) is 12.8 Å². The molecular formula is C13H15N3O4S. The Morgan fingerprint density at radius 3 is 2.62 bits per heavy atom. The number of nitro benzene ring substituents is 1. The molecule has 1 aromatic carbocycles. The van der Waals surface area contributed by atoms with E-state index in [0.717, 1.165) is 12.8 Å². The van der Waals surface area contributed by atoms with Crippen LogP contribution in [0.2, 0.25) is 0 Å². The normalized spacial score (nSPS) is 16.0. The lowest BCUT2D eigenvalue weighted by Crippen LogP contribution is -2.24. The number of hydrogen-bond donors (Lipinski definition) is 1. The van der Waals surface area contributed by atoms with Gasteiger partial charge in [0, 0.05) is 30.3 Å². The molecule has 1 aliphatic rings. The van der Waals surface area contributed by atoms with Gasteiger partial charge in [-0.1, -0.05) is 0 Å². The summed E-state index contributed by atoms with van der Waals surface area (Å²) in [4.78, 5) is 10.1. The van der Waals surface area contributed by atoms with Crippen LogP contribution in [0.3, 0.4) is 0 Å². The lowest BCUT2D eigenvalue weighted by molar-refractivity contribution is -0.384. The van der Waals surface area contributed by atoms with E-state index in [1.807, 2.05) is 6.07 Å². The van der Waals surface area contributed by atoms with E-state index < -0.39 is 14.8 Å². The van der Waals surface area contributed by atoms with Crippen molar-refractivity contribution in [3.63, 3.8) is 0 Å². The average molecular weight is 309 g/mol. The van der Waals surface area contributed by atoms with Gasteiger partial charge in [-0.15, -0.1) is 0 Å². The Morgan fingerprint density at radius 2 is 2.14 bits per heavy atom. The summed E-state index contributed by atoms with van der Waals surface area (Å²) in [6, 6.07) is 5.92. The van der Waals surface area contributed by atoms with Crippen LogP contribution < -0.4 is 5.32 Å². The predicted octanol–water partition coefficient (Wildman–Crippen LogP) is 1.70. The summed E-state index contributed by atoms with van der Waals surface area (Å²) in [6.07, 6.45) is 2.85. The Morgan fingerprint density at radius 1 is 1.48 bits per heavy atom. The first-order chi connectivity index (χ1) is 9.75. The Kier molecular flexibility index (Phi) is 3.87. The van der Waals surface area contributed by atoms with E-state index in [2.05, 4.69) is 5.32 Å². The van der Waals surface area contributed by atoms with Crippen molar-refractivity contribution in [2.24, 2.45) is 5.41 Å². The van der Waals surface area contributed by atoms with Gasteiger partial charge >= 0.3 is 0 Å². The molecule has 21 heavy (non-hydrogen) atoms. The molecule has 0 radical (unpaired) electrons. The summed E-state index contributed by atoms with van der Waals surface area (Å²) in [5, 5.41) is 22.8. The third-order valence-corrected chi connectivity index (χ3v) is 4.65. The van der Waals surface area contributed by atoms with Crippen LogP contribution in [0.4, 0.5) is 11.4 Å². The van der Waals surface area contributed by atoms with E-state index in [4.69, 9.17) is 5.26 Å². The fraction of sp³-hybridized carbons (Fsp3) is 0.462. The molecule has 7 nitrogen and oxygen atoms in total. The summed E-state index contributed by atoms with van der Waals surface area (Å²) in [5.74, 6) is 0.113. The molecule has 1 N–H and O–H groups in total. The summed E-state index contributed by atoms with van der Waals surface area (Å²) < 4.78 is 22.8. The first-order valence-corrected chi connectivity index (χ1v) is 8.41. The molecule has 0 bridgehead atoms. The molecule has 8 heteroatoms. The first kappa shape index (κ1) is 15.3. The lowest BCUT2D eigenvalue weighted by atomic mass is 10.1. The minimum atomic E-state index is -3.05. The molecule has 0 saturated heterocycles. The van der Waals surface area contributed by atoms with Gasteiger partial charge in [0.1, 0.15) is 15.9 Å². The third kappa shape index (κ3) is 3.92. The number of benzene rings is 1. The van der Waals surface area contributed by atoms with Crippen LogP contribution in [-0.2, 0) is 9.84 Å². The first-order valence-electron chi connectivity index (χ1n) is 6.35. The van der Waals surface area contributed by atoms with Crippen LogP contribution in [0, 0.1) is 26.9 Å². The quantitative estimate of drug-likeness (QED) is 0.632. The zero-order valence-corrected chi connectivity index (χ0v) is 12.3. The van der Waals surface area contributed by atoms with Gasteiger partial charge in [0.05, 0.1) is 21.9 Å². The number of nitrogens with one attached hydrogen (secondary N) is 1. The molecule has 0 atom stereocenters. The van der Waals surface area contributed by atoms with E-state index in [1.54, 1.807) is 0 Å². The highest BCUT2D eigenvalue weighted by molar-refractivity contribution is 7.90. The van der Waals surface area contributed by atoms with Crippen molar-refractivity contribution < 1.29 is 13.3 Å². The van der Waals surface area contributed by atoms with Gasteiger partial charge in [-0.2, -0.15) is 5.26 Å². The Labute approximate surface area is 122 Å². The molecule has 1 aliphatic carbocycles. The Hall–Kier alpha value is -2.14. The average Bonchev–Trinajstić information content (AvgIpc) is 3.13. The number of sulfone groups is 1.